The van der Waals surface area contributed by atoms with E-state index < -0.39 is 0 Å². The minimum absolute atomic E-state index is 0.855. The van der Waals surface area contributed by atoms with Gasteiger partial charge in [0, 0.05) is 32.9 Å². The second-order valence-electron chi connectivity index (χ2n) is 15.2. The van der Waals surface area contributed by atoms with Crippen LogP contribution in [-0.4, -0.2) is 0 Å². The molecular formula is C56H35NO2. The number of nitrogens with zero attached hydrogens (tertiary/aromatic N) is 1. The molecule has 2 heterocycles. The molecular weight excluding hydrogens is 719 g/mol. The maximum atomic E-state index is 6.73. The maximum Gasteiger partial charge on any atom is 0.143 e. The molecule has 0 saturated heterocycles. The molecule has 0 aliphatic rings. The molecule has 0 atom stereocenters. The first-order valence-corrected chi connectivity index (χ1v) is 20.1. The van der Waals surface area contributed by atoms with Crippen molar-refractivity contribution < 1.29 is 8.83 Å². The van der Waals surface area contributed by atoms with Gasteiger partial charge in [-0.3, -0.25) is 0 Å². The number of rotatable bonds is 6. The lowest BCUT2D eigenvalue weighted by Crippen LogP contribution is -2.10. The number of hydrogen-bond donors (Lipinski definition) is 0. The van der Waals surface area contributed by atoms with E-state index in [9.17, 15) is 0 Å². The SMILES string of the molecule is c1ccc(-c2cccc3cccc(-c4cccc(N(c5ccc(-c6ccc7oc8ccccc8c7c6)cc5)c5cccc6oc7c8ccccc8ccc7c56)c4)c23)cc1. The van der Waals surface area contributed by atoms with E-state index in [4.69, 9.17) is 8.83 Å². The number of furan rings is 2. The Morgan fingerprint density at radius 1 is 0.305 bits per heavy atom. The Bertz CT molecular complexity index is 3550. The zero-order valence-electron chi connectivity index (χ0n) is 32.0. The Morgan fingerprint density at radius 3 is 1.83 bits per heavy atom. The third kappa shape index (κ3) is 5.44. The van der Waals surface area contributed by atoms with Crippen molar-refractivity contribution in [1.82, 2.24) is 0 Å². The maximum absolute atomic E-state index is 6.73. The summed E-state index contributed by atoms with van der Waals surface area (Å²) in [5.74, 6) is 0. The van der Waals surface area contributed by atoms with E-state index >= 15 is 0 Å². The zero-order chi connectivity index (χ0) is 38.9. The standard InChI is InChI=1S/C56H35NO2/c1-2-12-37(13-3-1)44-21-9-15-39-16-10-22-45(54(39)44)41-17-8-18-43(34-41)57(50-23-11-25-53-55(50)48-32-28-38-14-4-5-19-46(38)56(48)59-53)42-30-26-36(27-31-42)40-29-33-52-49(35-40)47-20-6-7-24-51(47)58-52/h1-35H. The summed E-state index contributed by atoms with van der Waals surface area (Å²) in [6, 6.07) is 75.8. The molecule has 0 N–H and O–H groups in total. The van der Waals surface area contributed by atoms with Gasteiger partial charge in [0.25, 0.3) is 0 Å². The second-order valence-corrected chi connectivity index (χ2v) is 15.2. The van der Waals surface area contributed by atoms with Crippen molar-refractivity contribution in [2.75, 3.05) is 4.90 Å². The van der Waals surface area contributed by atoms with Crippen LogP contribution in [0.15, 0.2) is 221 Å². The predicted octanol–water partition coefficient (Wildman–Crippen LogP) is 16.3. The molecule has 276 valence electrons. The molecule has 0 spiro atoms. The lowest BCUT2D eigenvalue weighted by Gasteiger charge is -2.27. The van der Waals surface area contributed by atoms with Gasteiger partial charge in [0.15, 0.2) is 0 Å². The summed E-state index contributed by atoms with van der Waals surface area (Å²) in [4.78, 5) is 2.38. The highest BCUT2D eigenvalue weighted by Gasteiger charge is 2.22. The first kappa shape index (κ1) is 33.3. The lowest BCUT2D eigenvalue weighted by molar-refractivity contribution is 0.669. The van der Waals surface area contributed by atoms with E-state index in [0.29, 0.717) is 0 Å². The number of para-hydroxylation sites is 1. The molecule has 10 aromatic carbocycles. The highest BCUT2D eigenvalue weighted by atomic mass is 16.3. The summed E-state index contributed by atoms with van der Waals surface area (Å²) in [6.07, 6.45) is 0. The minimum Gasteiger partial charge on any atom is -0.456 e. The van der Waals surface area contributed by atoms with Crippen LogP contribution in [0.4, 0.5) is 17.1 Å². The smallest absolute Gasteiger partial charge is 0.143 e. The van der Waals surface area contributed by atoms with Gasteiger partial charge in [0.2, 0.25) is 0 Å². The Balaban J connectivity index is 1.05. The first-order chi connectivity index (χ1) is 29.2. The molecule has 12 rings (SSSR count). The fourth-order valence-electron chi connectivity index (χ4n) is 9.11. The van der Waals surface area contributed by atoms with Crippen LogP contribution >= 0.6 is 0 Å². The number of anilines is 3. The normalized spacial score (nSPS) is 11.7. The van der Waals surface area contributed by atoms with E-state index in [1.807, 2.05) is 12.1 Å². The van der Waals surface area contributed by atoms with Crippen LogP contribution in [0.25, 0.3) is 98.8 Å². The van der Waals surface area contributed by atoms with E-state index in [1.54, 1.807) is 0 Å². The Kier molecular flexibility index (Phi) is 7.54. The molecule has 0 unspecified atom stereocenters. The van der Waals surface area contributed by atoms with E-state index in [-0.39, 0.29) is 0 Å². The topological polar surface area (TPSA) is 29.5 Å². The van der Waals surface area contributed by atoms with E-state index in [1.165, 1.54) is 27.5 Å². The molecule has 0 fully saturated rings. The van der Waals surface area contributed by atoms with E-state index in [0.717, 1.165) is 88.4 Å². The van der Waals surface area contributed by atoms with Crippen LogP contribution in [0.3, 0.4) is 0 Å². The van der Waals surface area contributed by atoms with Crippen molar-refractivity contribution in [2.24, 2.45) is 0 Å². The van der Waals surface area contributed by atoms with Crippen LogP contribution in [0, 0.1) is 0 Å². The van der Waals surface area contributed by atoms with Crippen LogP contribution in [0.2, 0.25) is 0 Å². The Labute approximate surface area is 340 Å². The second kappa shape index (κ2) is 13.4. The van der Waals surface area contributed by atoms with Crippen LogP contribution in [-0.2, 0) is 0 Å². The third-order valence-corrected chi connectivity index (χ3v) is 11.8. The summed E-state index contributed by atoms with van der Waals surface area (Å²) < 4.78 is 12.9. The third-order valence-electron chi connectivity index (χ3n) is 11.8. The quantitative estimate of drug-likeness (QED) is 0.169. The molecule has 0 radical (unpaired) electrons. The Hall–Kier alpha value is -7.88. The fourth-order valence-corrected chi connectivity index (χ4v) is 9.11. The minimum atomic E-state index is 0.855. The molecule has 3 heteroatoms. The van der Waals surface area contributed by atoms with Crippen molar-refractivity contribution in [3.05, 3.63) is 212 Å². The van der Waals surface area contributed by atoms with Gasteiger partial charge in [-0.25, -0.2) is 0 Å². The van der Waals surface area contributed by atoms with Gasteiger partial charge in [-0.05, 0) is 110 Å². The zero-order valence-corrected chi connectivity index (χ0v) is 32.0. The van der Waals surface area contributed by atoms with Crippen molar-refractivity contribution in [2.45, 2.75) is 0 Å². The molecule has 59 heavy (non-hydrogen) atoms. The van der Waals surface area contributed by atoms with Crippen LogP contribution < -0.4 is 4.90 Å². The molecule has 3 nitrogen and oxygen atoms in total. The molecule has 0 bridgehead atoms. The lowest BCUT2D eigenvalue weighted by atomic mass is 9.91. The highest BCUT2D eigenvalue weighted by molar-refractivity contribution is 6.20. The summed E-state index contributed by atoms with van der Waals surface area (Å²) in [5, 5.41) is 9.14. The molecule has 0 aliphatic heterocycles. The largest absolute Gasteiger partial charge is 0.456 e. The summed E-state index contributed by atoms with van der Waals surface area (Å²) >= 11 is 0. The predicted molar refractivity (Wildman–Crippen MR) is 247 cm³/mol. The average molecular weight is 754 g/mol. The highest BCUT2D eigenvalue weighted by Crippen LogP contribution is 2.46. The van der Waals surface area contributed by atoms with Crippen LogP contribution in [0.1, 0.15) is 0 Å². The van der Waals surface area contributed by atoms with Gasteiger partial charge in [-0.2, -0.15) is 0 Å². The first-order valence-electron chi connectivity index (χ1n) is 20.1. The monoisotopic (exact) mass is 753 g/mol. The van der Waals surface area contributed by atoms with Crippen molar-refractivity contribution >= 4 is 82.5 Å². The summed E-state index contributed by atoms with van der Waals surface area (Å²) in [5.41, 5.74) is 13.8. The van der Waals surface area contributed by atoms with Gasteiger partial charge in [-0.1, -0.05) is 152 Å². The number of benzene rings is 10. The van der Waals surface area contributed by atoms with Gasteiger partial charge < -0.3 is 13.7 Å². The van der Waals surface area contributed by atoms with Crippen LogP contribution in [0.5, 0.6) is 0 Å². The average Bonchev–Trinajstić information content (AvgIpc) is 3.88. The number of hydrogen-bond acceptors (Lipinski definition) is 3. The molecule has 12 aromatic rings. The van der Waals surface area contributed by atoms with Crippen molar-refractivity contribution in [3.63, 3.8) is 0 Å². The Morgan fingerprint density at radius 2 is 0.966 bits per heavy atom. The number of fused-ring (bicyclic) bond motifs is 9. The molecule has 0 aliphatic carbocycles. The van der Waals surface area contributed by atoms with E-state index in [2.05, 4.69) is 205 Å². The van der Waals surface area contributed by atoms with Gasteiger partial charge in [-0.15, -0.1) is 0 Å². The molecule has 2 aromatic heterocycles. The summed E-state index contributed by atoms with van der Waals surface area (Å²) in [7, 11) is 0. The van der Waals surface area contributed by atoms with Crippen molar-refractivity contribution in [3.8, 4) is 33.4 Å². The fraction of sp³-hybridized carbons (Fsp3) is 0. The van der Waals surface area contributed by atoms with Gasteiger partial charge in [0.1, 0.15) is 22.3 Å². The molecule has 0 amide bonds. The van der Waals surface area contributed by atoms with Gasteiger partial charge in [0.05, 0.1) is 11.1 Å². The van der Waals surface area contributed by atoms with Gasteiger partial charge >= 0.3 is 0 Å². The molecule has 0 saturated carbocycles. The van der Waals surface area contributed by atoms with Crippen molar-refractivity contribution in [1.29, 1.82) is 0 Å². The summed E-state index contributed by atoms with van der Waals surface area (Å²) in [6.45, 7) is 0.